The fourth-order valence-electron chi connectivity index (χ4n) is 5.76. The number of halogens is 1. The molecule has 2 fully saturated rings. The van der Waals surface area contributed by atoms with Crippen molar-refractivity contribution in [3.8, 4) is 17.6 Å². The van der Waals surface area contributed by atoms with Crippen LogP contribution in [0.1, 0.15) is 60.2 Å². The summed E-state index contributed by atoms with van der Waals surface area (Å²) < 4.78 is 27.0. The number of hydrogen-bond acceptors (Lipinski definition) is 6. The predicted molar refractivity (Wildman–Crippen MR) is 165 cm³/mol. The van der Waals surface area contributed by atoms with Crippen LogP contribution in [0.5, 0.6) is 11.5 Å². The summed E-state index contributed by atoms with van der Waals surface area (Å²) in [5.41, 5.74) is 3.50. The molecule has 0 bridgehead atoms. The van der Waals surface area contributed by atoms with Crippen molar-refractivity contribution in [3.63, 3.8) is 0 Å². The van der Waals surface area contributed by atoms with Gasteiger partial charge in [-0.05, 0) is 86.7 Å². The summed E-state index contributed by atoms with van der Waals surface area (Å²) in [5, 5.41) is 12.2. The standard InChI is InChI=1S/C35H41FN4O3/c1-25(2)42-31-12-10-28(11-13-31)23-40-19-16-34(33(36)24-40)43-32-5-3-4-29(20-32)35(41)38-30-14-17-39(18-15-30)22-27-8-6-26(21-37)7-9-27/h3-13,20,25,30,33-34H,14-19,22-24H2,1-2H3,(H,38,41). The van der Waals surface area contributed by atoms with E-state index in [0.29, 0.717) is 36.4 Å². The molecule has 226 valence electrons. The number of likely N-dealkylation sites (tertiary alicyclic amines) is 2. The van der Waals surface area contributed by atoms with Crippen LogP contribution in [0.3, 0.4) is 0 Å². The van der Waals surface area contributed by atoms with E-state index in [9.17, 15) is 4.79 Å². The van der Waals surface area contributed by atoms with Crippen LogP contribution in [0.15, 0.2) is 72.8 Å². The topological polar surface area (TPSA) is 77.8 Å². The molecule has 2 heterocycles. The highest BCUT2D eigenvalue weighted by Crippen LogP contribution is 2.24. The molecular weight excluding hydrogens is 543 g/mol. The maximum Gasteiger partial charge on any atom is 0.251 e. The van der Waals surface area contributed by atoms with Crippen molar-refractivity contribution in [1.29, 1.82) is 5.26 Å². The third-order valence-corrected chi connectivity index (χ3v) is 8.06. The van der Waals surface area contributed by atoms with Gasteiger partial charge in [-0.1, -0.05) is 30.3 Å². The number of rotatable bonds is 10. The van der Waals surface area contributed by atoms with Gasteiger partial charge in [0.05, 0.1) is 17.7 Å². The van der Waals surface area contributed by atoms with Crippen molar-refractivity contribution < 1.29 is 18.7 Å². The number of benzene rings is 3. The first-order valence-electron chi connectivity index (χ1n) is 15.3. The van der Waals surface area contributed by atoms with Crippen LogP contribution in [0.4, 0.5) is 4.39 Å². The zero-order chi connectivity index (χ0) is 30.2. The first-order chi connectivity index (χ1) is 20.8. The second-order valence-electron chi connectivity index (χ2n) is 11.9. The molecule has 2 aliphatic rings. The molecule has 2 saturated heterocycles. The minimum Gasteiger partial charge on any atom is -0.491 e. The highest BCUT2D eigenvalue weighted by atomic mass is 19.1. The predicted octanol–water partition coefficient (Wildman–Crippen LogP) is 5.73. The number of nitrogens with zero attached hydrogens (tertiary/aromatic N) is 3. The number of nitrogens with one attached hydrogen (secondary N) is 1. The Balaban J connectivity index is 1.06. The van der Waals surface area contributed by atoms with Crippen LogP contribution in [-0.2, 0) is 13.1 Å². The third kappa shape index (κ3) is 8.79. The van der Waals surface area contributed by atoms with Gasteiger partial charge in [-0.15, -0.1) is 0 Å². The number of piperidine rings is 2. The Labute approximate surface area is 254 Å². The summed E-state index contributed by atoms with van der Waals surface area (Å²) in [7, 11) is 0. The summed E-state index contributed by atoms with van der Waals surface area (Å²) in [4.78, 5) is 17.5. The second kappa shape index (κ2) is 14.5. The van der Waals surface area contributed by atoms with Crippen LogP contribution in [0.25, 0.3) is 0 Å². The van der Waals surface area contributed by atoms with Crippen LogP contribution < -0.4 is 14.8 Å². The van der Waals surface area contributed by atoms with Gasteiger partial charge in [0.2, 0.25) is 0 Å². The van der Waals surface area contributed by atoms with Crippen molar-refractivity contribution in [2.75, 3.05) is 26.2 Å². The lowest BCUT2D eigenvalue weighted by Crippen LogP contribution is -2.46. The van der Waals surface area contributed by atoms with Crippen LogP contribution in [0, 0.1) is 11.3 Å². The first-order valence-corrected chi connectivity index (χ1v) is 15.3. The lowest BCUT2D eigenvalue weighted by Gasteiger charge is -2.34. The normalized spacial score (nSPS) is 20.0. The zero-order valence-electron chi connectivity index (χ0n) is 25.0. The van der Waals surface area contributed by atoms with Crippen LogP contribution in [0.2, 0.25) is 0 Å². The molecule has 0 aliphatic carbocycles. The van der Waals surface area contributed by atoms with Gasteiger partial charge in [0, 0.05) is 50.9 Å². The van der Waals surface area contributed by atoms with Gasteiger partial charge in [0.25, 0.3) is 5.91 Å². The minimum absolute atomic E-state index is 0.104. The molecule has 2 unspecified atom stereocenters. The SMILES string of the molecule is CC(C)Oc1ccc(CN2CCC(Oc3cccc(C(=O)NC4CCN(Cc5ccc(C#N)cc5)CC4)c3)C(F)C2)cc1. The number of ether oxygens (including phenoxy) is 2. The molecule has 5 rings (SSSR count). The first kappa shape index (κ1) is 30.5. The average molecular weight is 585 g/mol. The summed E-state index contributed by atoms with van der Waals surface area (Å²) in [6, 6.07) is 25.0. The monoisotopic (exact) mass is 584 g/mol. The molecular formula is C35H41FN4O3. The van der Waals surface area contributed by atoms with E-state index in [1.54, 1.807) is 24.3 Å². The average Bonchev–Trinajstić information content (AvgIpc) is 3.01. The number of hydrogen-bond donors (Lipinski definition) is 1. The van der Waals surface area contributed by atoms with Gasteiger partial charge < -0.3 is 14.8 Å². The maximum atomic E-state index is 15.2. The van der Waals surface area contributed by atoms with Gasteiger partial charge in [0.15, 0.2) is 0 Å². The van der Waals surface area contributed by atoms with Gasteiger partial charge >= 0.3 is 0 Å². The molecule has 0 spiro atoms. The second-order valence-corrected chi connectivity index (χ2v) is 11.9. The van der Waals surface area contributed by atoms with Gasteiger partial charge in [-0.2, -0.15) is 5.26 Å². The molecule has 3 aromatic rings. The highest BCUT2D eigenvalue weighted by Gasteiger charge is 2.31. The van der Waals surface area contributed by atoms with E-state index in [2.05, 4.69) is 21.2 Å². The summed E-state index contributed by atoms with van der Waals surface area (Å²) in [6.07, 6.45) is 0.781. The Morgan fingerprint density at radius 2 is 1.58 bits per heavy atom. The summed E-state index contributed by atoms with van der Waals surface area (Å²) >= 11 is 0. The molecule has 2 aliphatic heterocycles. The largest absolute Gasteiger partial charge is 0.491 e. The molecule has 7 nitrogen and oxygen atoms in total. The van der Waals surface area contributed by atoms with E-state index in [1.165, 1.54) is 5.56 Å². The Morgan fingerprint density at radius 1 is 0.930 bits per heavy atom. The van der Waals surface area contributed by atoms with E-state index in [4.69, 9.17) is 14.7 Å². The lowest BCUT2D eigenvalue weighted by atomic mass is 10.0. The van der Waals surface area contributed by atoms with Crippen molar-refractivity contribution in [1.82, 2.24) is 15.1 Å². The van der Waals surface area contributed by atoms with E-state index in [1.807, 2.05) is 62.4 Å². The maximum absolute atomic E-state index is 15.2. The Morgan fingerprint density at radius 3 is 2.23 bits per heavy atom. The fourth-order valence-corrected chi connectivity index (χ4v) is 5.76. The molecule has 8 heteroatoms. The van der Waals surface area contributed by atoms with Crippen LogP contribution in [-0.4, -0.2) is 66.3 Å². The van der Waals surface area contributed by atoms with E-state index < -0.39 is 12.3 Å². The lowest BCUT2D eigenvalue weighted by molar-refractivity contribution is 0.0190. The van der Waals surface area contributed by atoms with Gasteiger partial charge in [0.1, 0.15) is 23.8 Å². The van der Waals surface area contributed by atoms with E-state index >= 15 is 4.39 Å². The number of carbonyl (C=O) groups is 1. The molecule has 0 aromatic heterocycles. The molecule has 43 heavy (non-hydrogen) atoms. The summed E-state index contributed by atoms with van der Waals surface area (Å²) in [5.74, 6) is 1.23. The number of alkyl halides is 1. The summed E-state index contributed by atoms with van der Waals surface area (Å²) in [6.45, 7) is 8.34. The quantitative estimate of drug-likeness (QED) is 0.328. The Kier molecular flexibility index (Phi) is 10.3. The highest BCUT2D eigenvalue weighted by molar-refractivity contribution is 5.94. The molecule has 3 aromatic carbocycles. The van der Waals surface area contributed by atoms with E-state index in [0.717, 1.165) is 50.3 Å². The Hall–Kier alpha value is -3.93. The molecule has 1 amide bonds. The number of carbonyl (C=O) groups excluding carboxylic acids is 1. The number of nitriles is 1. The fraction of sp³-hybridized carbons (Fsp3) is 0.429. The van der Waals surface area contributed by atoms with Gasteiger partial charge in [-0.3, -0.25) is 14.6 Å². The third-order valence-electron chi connectivity index (χ3n) is 8.06. The number of amides is 1. The molecule has 1 N–H and O–H groups in total. The Bertz CT molecular complexity index is 1380. The zero-order valence-corrected chi connectivity index (χ0v) is 25.0. The van der Waals surface area contributed by atoms with E-state index in [-0.39, 0.29) is 18.1 Å². The van der Waals surface area contributed by atoms with Crippen molar-refractivity contribution in [2.24, 2.45) is 0 Å². The minimum atomic E-state index is -1.12. The molecule has 0 radical (unpaired) electrons. The molecule has 2 atom stereocenters. The van der Waals surface area contributed by atoms with Crippen LogP contribution >= 0.6 is 0 Å². The smallest absolute Gasteiger partial charge is 0.251 e. The van der Waals surface area contributed by atoms with Crippen molar-refractivity contribution in [3.05, 3.63) is 95.1 Å². The van der Waals surface area contributed by atoms with Crippen molar-refractivity contribution >= 4 is 5.91 Å². The van der Waals surface area contributed by atoms with Crippen molar-refractivity contribution in [2.45, 2.75) is 70.6 Å². The molecule has 0 saturated carbocycles. The van der Waals surface area contributed by atoms with Gasteiger partial charge in [-0.25, -0.2) is 4.39 Å².